The average molecular weight is 374 g/mol. The van der Waals surface area contributed by atoms with Crippen molar-refractivity contribution in [2.75, 3.05) is 37.6 Å². The molecule has 2 N–H and O–H groups in total. The summed E-state index contributed by atoms with van der Waals surface area (Å²) >= 11 is 0. The van der Waals surface area contributed by atoms with Gasteiger partial charge >= 0.3 is 0 Å². The maximum atomic E-state index is 11.8. The van der Waals surface area contributed by atoms with Gasteiger partial charge in [0.25, 0.3) is 0 Å². The van der Waals surface area contributed by atoms with E-state index in [1.807, 2.05) is 17.0 Å². The maximum Gasteiger partial charge on any atom is 0.227 e. The molecule has 1 aliphatic heterocycles. The van der Waals surface area contributed by atoms with Gasteiger partial charge < -0.3 is 15.5 Å². The smallest absolute Gasteiger partial charge is 0.227 e. The molecule has 1 aromatic rings. The predicted molar refractivity (Wildman–Crippen MR) is 113 cm³/mol. The average Bonchev–Trinajstić information content (AvgIpc) is 3.09. The van der Waals surface area contributed by atoms with Gasteiger partial charge in [0.05, 0.1) is 6.54 Å². The number of hydrogen-bond donors (Lipinski definition) is 2. The van der Waals surface area contributed by atoms with Crippen LogP contribution in [0.5, 0.6) is 0 Å². The highest BCUT2D eigenvalue weighted by molar-refractivity contribution is 5.95. The summed E-state index contributed by atoms with van der Waals surface area (Å²) in [5, 5.41) is 6.72. The number of carbonyl (C=O) groups excluding carboxylic acids is 1. The first-order chi connectivity index (χ1) is 13.0. The van der Waals surface area contributed by atoms with Crippen molar-refractivity contribution in [3.05, 3.63) is 29.8 Å². The van der Waals surface area contributed by atoms with Gasteiger partial charge in [-0.1, -0.05) is 19.1 Å². The summed E-state index contributed by atoms with van der Waals surface area (Å²) in [6, 6.07) is 8.72. The lowest BCUT2D eigenvalue weighted by molar-refractivity contribution is -0.117. The summed E-state index contributed by atoms with van der Waals surface area (Å²) in [5.41, 5.74) is 2.13. The second kappa shape index (κ2) is 10.9. The molecule has 1 fully saturated rings. The zero-order valence-corrected chi connectivity index (χ0v) is 17.3. The Bertz CT molecular complexity index is 612. The summed E-state index contributed by atoms with van der Waals surface area (Å²) in [7, 11) is 0. The normalized spacial score (nSPS) is 15.1. The van der Waals surface area contributed by atoms with Crippen LogP contribution in [0.2, 0.25) is 0 Å². The molecule has 0 atom stereocenters. The summed E-state index contributed by atoms with van der Waals surface area (Å²) in [4.78, 5) is 20.8. The lowest BCUT2D eigenvalue weighted by Crippen LogP contribution is -2.43. The molecule has 0 radical (unpaired) electrons. The van der Waals surface area contributed by atoms with Crippen molar-refractivity contribution in [3.8, 4) is 0 Å². The molecule has 0 unspecified atom stereocenters. The minimum atomic E-state index is 0.224. The molecule has 6 heteroatoms. The quantitative estimate of drug-likeness (QED) is 0.516. The van der Waals surface area contributed by atoms with E-state index < -0.39 is 0 Å². The fraction of sp³-hybridized carbons (Fsp3) is 0.619. The third-order valence-electron chi connectivity index (χ3n) is 4.91. The highest BCUT2D eigenvalue weighted by Gasteiger charge is 2.21. The van der Waals surface area contributed by atoms with E-state index in [1.54, 1.807) is 0 Å². The summed E-state index contributed by atoms with van der Waals surface area (Å²) in [6.07, 6.45) is 1.62. The molecule has 2 rings (SSSR count). The third kappa shape index (κ3) is 6.54. The topological polar surface area (TPSA) is 60.0 Å². The lowest BCUT2D eigenvalue weighted by Gasteiger charge is -2.25. The second-order valence-electron chi connectivity index (χ2n) is 7.16. The molecule has 27 heavy (non-hydrogen) atoms. The molecule has 1 saturated heterocycles. The van der Waals surface area contributed by atoms with Gasteiger partial charge in [0, 0.05) is 44.3 Å². The van der Waals surface area contributed by atoms with Crippen molar-refractivity contribution in [2.45, 2.75) is 53.1 Å². The zero-order valence-electron chi connectivity index (χ0n) is 17.3. The van der Waals surface area contributed by atoms with Crippen molar-refractivity contribution < 1.29 is 4.79 Å². The fourth-order valence-corrected chi connectivity index (χ4v) is 3.31. The van der Waals surface area contributed by atoms with Crippen molar-refractivity contribution in [2.24, 2.45) is 4.99 Å². The van der Waals surface area contributed by atoms with E-state index >= 15 is 0 Å². The van der Waals surface area contributed by atoms with Crippen LogP contribution in [-0.2, 0) is 11.3 Å². The standard InChI is InChI=1S/C21H35N5O/c1-5-22-21(23-13-15-25(6-2)17(3)4)24-16-18-9-11-19(12-10-18)26-14-7-8-20(26)27/h9-12,17H,5-8,13-16H2,1-4H3,(H2,22,23,24). The van der Waals surface area contributed by atoms with Gasteiger partial charge in [0.1, 0.15) is 0 Å². The molecular formula is C21H35N5O. The fourth-order valence-electron chi connectivity index (χ4n) is 3.31. The molecule has 1 heterocycles. The first kappa shape index (κ1) is 21.2. The zero-order chi connectivity index (χ0) is 19.6. The Kier molecular flexibility index (Phi) is 8.58. The van der Waals surface area contributed by atoms with Gasteiger partial charge in [0.15, 0.2) is 5.96 Å². The Morgan fingerprint density at radius 3 is 2.52 bits per heavy atom. The van der Waals surface area contributed by atoms with Gasteiger partial charge in [-0.05, 0) is 51.4 Å². The number of amides is 1. The first-order valence-corrected chi connectivity index (χ1v) is 10.2. The van der Waals surface area contributed by atoms with Crippen molar-refractivity contribution in [1.29, 1.82) is 0 Å². The van der Waals surface area contributed by atoms with E-state index in [9.17, 15) is 4.79 Å². The Hall–Kier alpha value is -2.08. The molecule has 0 spiro atoms. The SMILES string of the molecule is CCNC(=NCc1ccc(N2CCCC2=O)cc1)NCCN(CC)C(C)C. The first-order valence-electron chi connectivity index (χ1n) is 10.2. The molecule has 0 saturated carbocycles. The van der Waals surface area contributed by atoms with Crippen LogP contribution in [-0.4, -0.2) is 55.5 Å². The monoisotopic (exact) mass is 373 g/mol. The second-order valence-corrected chi connectivity index (χ2v) is 7.16. The molecule has 150 valence electrons. The third-order valence-corrected chi connectivity index (χ3v) is 4.91. The van der Waals surface area contributed by atoms with Crippen molar-refractivity contribution >= 4 is 17.6 Å². The number of likely N-dealkylation sites (N-methyl/N-ethyl adjacent to an activating group) is 1. The number of rotatable bonds is 9. The number of hydrogen-bond acceptors (Lipinski definition) is 3. The van der Waals surface area contributed by atoms with Crippen LogP contribution in [0.1, 0.15) is 46.1 Å². The van der Waals surface area contributed by atoms with E-state index in [1.165, 1.54) is 0 Å². The Morgan fingerprint density at radius 2 is 1.96 bits per heavy atom. The number of nitrogens with one attached hydrogen (secondary N) is 2. The van der Waals surface area contributed by atoms with E-state index in [0.717, 1.165) is 56.4 Å². The number of anilines is 1. The molecule has 1 amide bonds. The number of aliphatic imine (C=N–C) groups is 1. The van der Waals surface area contributed by atoms with Crippen LogP contribution in [0.3, 0.4) is 0 Å². The van der Waals surface area contributed by atoms with Gasteiger partial charge in [0.2, 0.25) is 5.91 Å². The van der Waals surface area contributed by atoms with E-state index in [2.05, 4.69) is 60.4 Å². The number of carbonyl (C=O) groups is 1. The maximum absolute atomic E-state index is 11.8. The number of benzene rings is 1. The minimum absolute atomic E-state index is 0.224. The van der Waals surface area contributed by atoms with Gasteiger partial charge in [-0.15, -0.1) is 0 Å². The van der Waals surface area contributed by atoms with Crippen LogP contribution in [0, 0.1) is 0 Å². The summed E-state index contributed by atoms with van der Waals surface area (Å²) in [6.45, 7) is 13.9. The van der Waals surface area contributed by atoms with E-state index in [4.69, 9.17) is 0 Å². The van der Waals surface area contributed by atoms with Crippen molar-refractivity contribution in [1.82, 2.24) is 15.5 Å². The van der Waals surface area contributed by atoms with Crippen molar-refractivity contribution in [3.63, 3.8) is 0 Å². The molecular weight excluding hydrogens is 338 g/mol. The van der Waals surface area contributed by atoms with Gasteiger partial charge in [-0.2, -0.15) is 0 Å². The Morgan fingerprint density at radius 1 is 1.22 bits per heavy atom. The largest absolute Gasteiger partial charge is 0.357 e. The molecule has 1 aliphatic rings. The van der Waals surface area contributed by atoms with E-state index in [-0.39, 0.29) is 5.91 Å². The van der Waals surface area contributed by atoms with Crippen LogP contribution in [0.15, 0.2) is 29.3 Å². The highest BCUT2D eigenvalue weighted by atomic mass is 16.2. The van der Waals surface area contributed by atoms with E-state index in [0.29, 0.717) is 19.0 Å². The Balaban J connectivity index is 1.88. The summed E-state index contributed by atoms with van der Waals surface area (Å²) < 4.78 is 0. The van der Waals surface area contributed by atoms with Crippen LogP contribution in [0.25, 0.3) is 0 Å². The molecule has 1 aromatic carbocycles. The summed E-state index contributed by atoms with van der Waals surface area (Å²) in [5.74, 6) is 1.07. The Labute approximate surface area is 164 Å². The molecule has 6 nitrogen and oxygen atoms in total. The van der Waals surface area contributed by atoms with Crippen LogP contribution >= 0.6 is 0 Å². The predicted octanol–water partition coefficient (Wildman–Crippen LogP) is 2.60. The molecule has 0 aromatic heterocycles. The van der Waals surface area contributed by atoms with Crippen LogP contribution in [0.4, 0.5) is 5.69 Å². The molecule has 0 aliphatic carbocycles. The van der Waals surface area contributed by atoms with Gasteiger partial charge in [-0.25, -0.2) is 4.99 Å². The van der Waals surface area contributed by atoms with Gasteiger partial charge in [-0.3, -0.25) is 9.69 Å². The van der Waals surface area contributed by atoms with Crippen LogP contribution < -0.4 is 15.5 Å². The highest BCUT2D eigenvalue weighted by Crippen LogP contribution is 2.21. The lowest BCUT2D eigenvalue weighted by atomic mass is 10.2. The number of nitrogens with zero attached hydrogens (tertiary/aromatic N) is 3. The minimum Gasteiger partial charge on any atom is -0.357 e. The number of guanidine groups is 1. The molecule has 0 bridgehead atoms.